The summed E-state index contributed by atoms with van der Waals surface area (Å²) in [5.41, 5.74) is 6.52. The second-order valence-corrected chi connectivity index (χ2v) is 5.94. The fraction of sp³-hybridized carbons (Fsp3) is 0.538. The Morgan fingerprint density at radius 2 is 2.35 bits per heavy atom. The molecule has 0 saturated carbocycles. The number of β-amino-alcohol motifs (C(OH)–C–C–N with tert-alkyl or cyclic N) is 1. The molecular weight excluding hydrogens is 280 g/mol. The van der Waals surface area contributed by atoms with Gasteiger partial charge >= 0.3 is 0 Å². The molecule has 0 spiro atoms. The van der Waals surface area contributed by atoms with Crippen LogP contribution >= 0.6 is 15.9 Å². The van der Waals surface area contributed by atoms with Crippen LogP contribution < -0.4 is 5.73 Å². The normalized spacial score (nSPS) is 27.3. The van der Waals surface area contributed by atoms with E-state index in [9.17, 15) is 5.11 Å². The van der Waals surface area contributed by atoms with Crippen LogP contribution in [-0.4, -0.2) is 35.2 Å². The summed E-state index contributed by atoms with van der Waals surface area (Å²) in [7, 11) is 0. The lowest BCUT2D eigenvalue weighted by Gasteiger charge is -2.28. The number of benzene rings is 1. The van der Waals surface area contributed by atoms with E-state index < -0.39 is 5.60 Å². The summed E-state index contributed by atoms with van der Waals surface area (Å²) >= 11 is 3.48. The van der Waals surface area contributed by atoms with Gasteiger partial charge in [-0.25, -0.2) is 0 Å². The van der Waals surface area contributed by atoms with Crippen LogP contribution in [0.3, 0.4) is 0 Å². The molecule has 1 heterocycles. The van der Waals surface area contributed by atoms with Gasteiger partial charge in [-0.1, -0.05) is 28.1 Å². The van der Waals surface area contributed by atoms with Crippen LogP contribution in [0, 0.1) is 0 Å². The minimum absolute atomic E-state index is 0.196. The van der Waals surface area contributed by atoms with Crippen LogP contribution in [0.25, 0.3) is 0 Å². The molecule has 0 radical (unpaired) electrons. The van der Waals surface area contributed by atoms with E-state index in [1.54, 1.807) is 0 Å². The Bertz CT molecular complexity index is 395. The largest absolute Gasteiger partial charge is 0.389 e. The van der Waals surface area contributed by atoms with Crippen molar-refractivity contribution in [3.63, 3.8) is 0 Å². The quantitative estimate of drug-likeness (QED) is 0.896. The summed E-state index contributed by atoms with van der Waals surface area (Å²) < 4.78 is 1.07. The zero-order valence-electron chi connectivity index (χ0n) is 10.1. The average molecular weight is 299 g/mol. The highest BCUT2D eigenvalue weighted by Crippen LogP contribution is 2.30. The van der Waals surface area contributed by atoms with Crippen molar-refractivity contribution in [1.82, 2.24) is 4.90 Å². The number of likely N-dealkylation sites (tertiary alicyclic amines) is 1. The Labute approximate surface area is 111 Å². The maximum absolute atomic E-state index is 10.0. The van der Waals surface area contributed by atoms with Gasteiger partial charge in [0.05, 0.1) is 5.60 Å². The maximum Gasteiger partial charge on any atom is 0.0758 e. The van der Waals surface area contributed by atoms with Crippen molar-refractivity contribution in [2.24, 2.45) is 5.73 Å². The molecule has 1 aromatic rings. The van der Waals surface area contributed by atoms with E-state index >= 15 is 0 Å². The van der Waals surface area contributed by atoms with Gasteiger partial charge in [0.25, 0.3) is 0 Å². The fourth-order valence-corrected chi connectivity index (χ4v) is 2.87. The molecule has 1 aliphatic rings. The fourth-order valence-electron chi connectivity index (χ4n) is 2.46. The minimum atomic E-state index is -0.570. The van der Waals surface area contributed by atoms with Gasteiger partial charge in [-0.15, -0.1) is 0 Å². The molecule has 0 bridgehead atoms. The van der Waals surface area contributed by atoms with E-state index in [-0.39, 0.29) is 6.04 Å². The second-order valence-electron chi connectivity index (χ2n) is 5.02. The first-order chi connectivity index (χ1) is 8.02. The molecule has 4 heteroatoms. The SMILES string of the molecule is CC1(O)CCN(C(CN)c2cccc(Br)c2)C1. The molecule has 1 saturated heterocycles. The van der Waals surface area contributed by atoms with Gasteiger partial charge < -0.3 is 10.8 Å². The van der Waals surface area contributed by atoms with Crippen molar-refractivity contribution in [2.45, 2.75) is 25.0 Å². The molecule has 2 rings (SSSR count). The summed E-state index contributed by atoms with van der Waals surface area (Å²) in [6, 6.07) is 8.43. The van der Waals surface area contributed by atoms with Gasteiger partial charge in [0.15, 0.2) is 0 Å². The van der Waals surface area contributed by atoms with Crippen LogP contribution in [0.4, 0.5) is 0 Å². The van der Waals surface area contributed by atoms with Gasteiger partial charge in [0, 0.05) is 30.1 Å². The predicted octanol–water partition coefficient (Wildman–Crippen LogP) is 1.91. The molecule has 2 atom stereocenters. The third-order valence-electron chi connectivity index (χ3n) is 3.38. The molecule has 94 valence electrons. The zero-order chi connectivity index (χ0) is 12.5. The number of halogens is 1. The van der Waals surface area contributed by atoms with Crippen molar-refractivity contribution in [2.75, 3.05) is 19.6 Å². The molecule has 1 fully saturated rings. The highest BCUT2D eigenvalue weighted by molar-refractivity contribution is 9.10. The number of nitrogens with two attached hydrogens (primary N) is 1. The Hall–Kier alpha value is -0.420. The van der Waals surface area contributed by atoms with Crippen molar-refractivity contribution in [3.05, 3.63) is 34.3 Å². The van der Waals surface area contributed by atoms with E-state index in [1.165, 1.54) is 5.56 Å². The Balaban J connectivity index is 2.17. The van der Waals surface area contributed by atoms with Gasteiger partial charge in [-0.2, -0.15) is 0 Å². The molecule has 1 aromatic carbocycles. The van der Waals surface area contributed by atoms with Crippen LogP contribution in [0.15, 0.2) is 28.7 Å². The summed E-state index contributed by atoms with van der Waals surface area (Å²) in [6.45, 7) is 4.07. The Morgan fingerprint density at radius 3 is 2.88 bits per heavy atom. The number of hydrogen-bond donors (Lipinski definition) is 2. The van der Waals surface area contributed by atoms with Gasteiger partial charge in [-0.05, 0) is 31.0 Å². The molecule has 1 aliphatic heterocycles. The first-order valence-electron chi connectivity index (χ1n) is 5.94. The van der Waals surface area contributed by atoms with Gasteiger partial charge in [-0.3, -0.25) is 4.90 Å². The van der Waals surface area contributed by atoms with E-state index in [1.807, 2.05) is 19.1 Å². The smallest absolute Gasteiger partial charge is 0.0758 e. The van der Waals surface area contributed by atoms with Crippen LogP contribution in [0.1, 0.15) is 24.9 Å². The number of rotatable bonds is 3. The minimum Gasteiger partial charge on any atom is -0.389 e. The number of aliphatic hydroxyl groups is 1. The molecule has 3 N–H and O–H groups in total. The molecular formula is C13H19BrN2O. The second kappa shape index (κ2) is 5.06. The van der Waals surface area contributed by atoms with Crippen LogP contribution in [-0.2, 0) is 0 Å². The first kappa shape index (κ1) is 13.0. The lowest BCUT2D eigenvalue weighted by atomic mass is 10.1. The third-order valence-corrected chi connectivity index (χ3v) is 3.87. The molecule has 17 heavy (non-hydrogen) atoms. The molecule has 0 amide bonds. The average Bonchev–Trinajstić information content (AvgIpc) is 2.60. The van der Waals surface area contributed by atoms with Crippen LogP contribution in [0.5, 0.6) is 0 Å². The Morgan fingerprint density at radius 1 is 1.59 bits per heavy atom. The molecule has 2 unspecified atom stereocenters. The van der Waals surface area contributed by atoms with Gasteiger partial charge in [0.1, 0.15) is 0 Å². The first-order valence-corrected chi connectivity index (χ1v) is 6.73. The molecule has 0 aromatic heterocycles. The van der Waals surface area contributed by atoms with Gasteiger partial charge in [0.2, 0.25) is 0 Å². The standard InChI is InChI=1S/C13H19BrN2O/c1-13(17)5-6-16(9-13)12(8-15)10-3-2-4-11(14)7-10/h2-4,7,12,17H,5-6,8-9,15H2,1H3. The van der Waals surface area contributed by atoms with E-state index in [0.29, 0.717) is 13.1 Å². The van der Waals surface area contributed by atoms with E-state index in [2.05, 4.69) is 33.0 Å². The summed E-state index contributed by atoms with van der Waals surface area (Å²) in [5, 5.41) is 10.0. The highest BCUT2D eigenvalue weighted by atomic mass is 79.9. The number of hydrogen-bond acceptors (Lipinski definition) is 3. The summed E-state index contributed by atoms with van der Waals surface area (Å²) in [5.74, 6) is 0. The zero-order valence-corrected chi connectivity index (χ0v) is 11.7. The monoisotopic (exact) mass is 298 g/mol. The molecule has 0 aliphatic carbocycles. The predicted molar refractivity (Wildman–Crippen MR) is 72.8 cm³/mol. The lowest BCUT2D eigenvalue weighted by Crippen LogP contribution is -2.35. The number of nitrogens with zero attached hydrogens (tertiary/aromatic N) is 1. The van der Waals surface area contributed by atoms with Crippen molar-refractivity contribution < 1.29 is 5.11 Å². The lowest BCUT2D eigenvalue weighted by molar-refractivity contribution is 0.0626. The van der Waals surface area contributed by atoms with Crippen molar-refractivity contribution in [3.8, 4) is 0 Å². The molecule has 3 nitrogen and oxygen atoms in total. The van der Waals surface area contributed by atoms with E-state index in [4.69, 9.17) is 5.73 Å². The van der Waals surface area contributed by atoms with Crippen LogP contribution in [0.2, 0.25) is 0 Å². The summed E-state index contributed by atoms with van der Waals surface area (Å²) in [6.07, 6.45) is 0.817. The highest BCUT2D eigenvalue weighted by Gasteiger charge is 2.35. The third kappa shape index (κ3) is 3.07. The van der Waals surface area contributed by atoms with Crippen molar-refractivity contribution in [1.29, 1.82) is 0 Å². The topological polar surface area (TPSA) is 49.5 Å². The Kier molecular flexibility index (Phi) is 3.88. The summed E-state index contributed by atoms with van der Waals surface area (Å²) in [4.78, 5) is 2.27. The maximum atomic E-state index is 10.0. The van der Waals surface area contributed by atoms with E-state index in [0.717, 1.165) is 17.4 Å². The van der Waals surface area contributed by atoms with Crippen molar-refractivity contribution >= 4 is 15.9 Å².